The zero-order valence-corrected chi connectivity index (χ0v) is 19.6. The second-order valence-corrected chi connectivity index (χ2v) is 9.26. The van der Waals surface area contributed by atoms with Gasteiger partial charge in [0.15, 0.2) is 6.10 Å². The van der Waals surface area contributed by atoms with E-state index in [9.17, 15) is 9.90 Å². The molecule has 0 aliphatic rings. The third-order valence-corrected chi connectivity index (χ3v) is 5.44. The molecule has 2 aromatic heterocycles. The Morgan fingerprint density at radius 3 is 2.30 bits per heavy atom. The van der Waals surface area contributed by atoms with Crippen molar-refractivity contribution < 1.29 is 14.6 Å². The Morgan fingerprint density at radius 2 is 1.70 bits per heavy atom. The lowest BCUT2D eigenvalue weighted by molar-refractivity contribution is -0.160. The SMILES string of the molecule is Cc1cc2nc(-c3cncnc3)ccc2c(-c2ccc(Cl)cc2)c1[C@H](OC(C)(C)C)C(=O)O. The van der Waals surface area contributed by atoms with Crippen LogP contribution < -0.4 is 0 Å². The minimum atomic E-state index is -1.15. The minimum Gasteiger partial charge on any atom is -0.479 e. The molecule has 0 aliphatic heterocycles. The van der Waals surface area contributed by atoms with Crippen molar-refractivity contribution in [3.63, 3.8) is 0 Å². The minimum absolute atomic E-state index is 0.600. The second kappa shape index (κ2) is 8.89. The maximum Gasteiger partial charge on any atom is 0.337 e. The topological polar surface area (TPSA) is 85.2 Å². The van der Waals surface area contributed by atoms with Crippen LogP contribution in [0.3, 0.4) is 0 Å². The number of aliphatic carboxylic acids is 1. The summed E-state index contributed by atoms with van der Waals surface area (Å²) >= 11 is 6.13. The number of ether oxygens (including phenoxy) is 1. The van der Waals surface area contributed by atoms with Gasteiger partial charge in [0.1, 0.15) is 6.33 Å². The number of carbonyl (C=O) groups is 1. The number of aromatic nitrogens is 3. The Balaban J connectivity index is 2.02. The summed E-state index contributed by atoms with van der Waals surface area (Å²) in [5, 5.41) is 11.5. The summed E-state index contributed by atoms with van der Waals surface area (Å²) < 4.78 is 6.03. The number of carboxylic acid groups (broad SMARTS) is 1. The molecule has 1 N–H and O–H groups in total. The average Bonchev–Trinajstić information content (AvgIpc) is 2.77. The molecule has 0 saturated heterocycles. The first-order valence-electron chi connectivity index (χ1n) is 10.5. The van der Waals surface area contributed by atoms with Gasteiger partial charge in [0, 0.05) is 33.9 Å². The largest absolute Gasteiger partial charge is 0.479 e. The molecule has 0 bridgehead atoms. The van der Waals surface area contributed by atoms with Crippen LogP contribution in [0.25, 0.3) is 33.3 Å². The molecule has 7 heteroatoms. The standard InChI is InChI=1S/C26H24ClN3O3/c1-15-11-21-19(9-10-20(30-21)17-12-28-14-29-13-17)23(16-5-7-18(27)8-6-16)22(15)24(25(31)32)33-26(2,3)4/h5-14,24H,1-4H3,(H,31,32)/t24-/m0/s1. The van der Waals surface area contributed by atoms with Crippen molar-refractivity contribution >= 4 is 28.5 Å². The fourth-order valence-corrected chi connectivity index (χ4v) is 3.99. The molecule has 0 saturated carbocycles. The van der Waals surface area contributed by atoms with Crippen molar-refractivity contribution in [1.29, 1.82) is 0 Å². The number of hydrogen-bond donors (Lipinski definition) is 1. The molecule has 168 valence electrons. The van der Waals surface area contributed by atoms with E-state index < -0.39 is 17.7 Å². The van der Waals surface area contributed by atoms with Crippen LogP contribution in [0, 0.1) is 6.92 Å². The van der Waals surface area contributed by atoms with E-state index in [0.29, 0.717) is 10.6 Å². The predicted octanol–water partition coefficient (Wildman–Crippen LogP) is 6.26. The monoisotopic (exact) mass is 461 g/mol. The van der Waals surface area contributed by atoms with Crippen molar-refractivity contribution in [3.8, 4) is 22.4 Å². The number of fused-ring (bicyclic) bond motifs is 1. The van der Waals surface area contributed by atoms with Gasteiger partial charge in [-0.05, 0) is 68.7 Å². The highest BCUT2D eigenvalue weighted by atomic mass is 35.5. The molecule has 0 amide bonds. The van der Waals surface area contributed by atoms with Gasteiger partial charge in [0.25, 0.3) is 0 Å². The summed E-state index contributed by atoms with van der Waals surface area (Å²) in [6.07, 6.45) is 3.74. The van der Waals surface area contributed by atoms with E-state index in [1.807, 2.05) is 58.0 Å². The van der Waals surface area contributed by atoms with Gasteiger partial charge in [-0.2, -0.15) is 0 Å². The highest BCUT2D eigenvalue weighted by molar-refractivity contribution is 6.30. The van der Waals surface area contributed by atoms with Crippen LogP contribution in [0.4, 0.5) is 0 Å². The third-order valence-electron chi connectivity index (χ3n) is 5.19. The Morgan fingerprint density at radius 1 is 1.03 bits per heavy atom. The third kappa shape index (κ3) is 4.87. The Hall–Kier alpha value is -3.35. The summed E-state index contributed by atoms with van der Waals surface area (Å²) in [7, 11) is 0. The van der Waals surface area contributed by atoms with Gasteiger partial charge in [0.05, 0.1) is 16.8 Å². The molecule has 0 radical (unpaired) electrons. The number of rotatable bonds is 5. The van der Waals surface area contributed by atoms with E-state index >= 15 is 0 Å². The summed E-state index contributed by atoms with van der Waals surface area (Å²) in [5.74, 6) is -1.05. The van der Waals surface area contributed by atoms with Gasteiger partial charge in [-0.3, -0.25) is 0 Å². The molecule has 1 atom stereocenters. The highest BCUT2D eigenvalue weighted by Crippen LogP contribution is 2.40. The van der Waals surface area contributed by atoms with Gasteiger partial charge in [-0.1, -0.05) is 29.8 Å². The molecule has 2 heterocycles. The zero-order valence-electron chi connectivity index (χ0n) is 18.8. The summed E-state index contributed by atoms with van der Waals surface area (Å²) in [5.41, 5.74) is 4.60. The van der Waals surface area contributed by atoms with Crippen LogP contribution >= 0.6 is 11.6 Å². The molecule has 0 aliphatic carbocycles. The summed E-state index contributed by atoms with van der Waals surface area (Å²) in [6, 6.07) is 13.1. The van der Waals surface area contributed by atoms with Crippen molar-refractivity contribution in [2.75, 3.05) is 0 Å². The van der Waals surface area contributed by atoms with Crippen LogP contribution in [0.5, 0.6) is 0 Å². The maximum atomic E-state index is 12.4. The van der Waals surface area contributed by atoms with E-state index in [1.165, 1.54) is 6.33 Å². The number of nitrogens with zero attached hydrogens (tertiary/aromatic N) is 3. The number of aryl methyl sites for hydroxylation is 1. The van der Waals surface area contributed by atoms with Crippen molar-refractivity contribution in [1.82, 2.24) is 15.0 Å². The molecule has 33 heavy (non-hydrogen) atoms. The van der Waals surface area contributed by atoms with E-state index in [4.69, 9.17) is 21.3 Å². The van der Waals surface area contributed by atoms with Gasteiger partial charge in [-0.25, -0.2) is 19.7 Å². The molecular weight excluding hydrogens is 438 g/mol. The van der Waals surface area contributed by atoms with E-state index in [2.05, 4.69) is 9.97 Å². The lowest BCUT2D eigenvalue weighted by atomic mass is 9.88. The van der Waals surface area contributed by atoms with Crippen molar-refractivity contribution in [2.45, 2.75) is 39.4 Å². The van der Waals surface area contributed by atoms with Crippen molar-refractivity contribution in [3.05, 3.63) is 77.3 Å². The van der Waals surface area contributed by atoms with E-state index in [0.717, 1.165) is 38.9 Å². The van der Waals surface area contributed by atoms with E-state index in [1.54, 1.807) is 24.5 Å². The Labute approximate surface area is 197 Å². The molecule has 4 aromatic rings. The van der Waals surface area contributed by atoms with Gasteiger partial charge in [-0.15, -0.1) is 0 Å². The lowest BCUT2D eigenvalue weighted by Gasteiger charge is -2.28. The van der Waals surface area contributed by atoms with Crippen LogP contribution in [-0.2, 0) is 9.53 Å². The molecule has 0 fully saturated rings. The first-order chi connectivity index (χ1) is 15.6. The molecular formula is C26H24ClN3O3. The van der Waals surface area contributed by atoms with Crippen LogP contribution in [-0.4, -0.2) is 31.6 Å². The Bertz CT molecular complexity index is 1320. The molecule has 2 aromatic carbocycles. The van der Waals surface area contributed by atoms with Crippen LogP contribution in [0.15, 0.2) is 61.2 Å². The summed E-state index contributed by atoms with van der Waals surface area (Å²) in [6.45, 7) is 7.42. The quantitative estimate of drug-likeness (QED) is 0.377. The Kier molecular flexibility index (Phi) is 6.15. The number of carboxylic acids is 1. The highest BCUT2D eigenvalue weighted by Gasteiger charge is 2.31. The maximum absolute atomic E-state index is 12.4. The normalized spacial score (nSPS) is 12.6. The predicted molar refractivity (Wildman–Crippen MR) is 129 cm³/mol. The first kappa shape index (κ1) is 22.8. The second-order valence-electron chi connectivity index (χ2n) is 8.83. The smallest absolute Gasteiger partial charge is 0.337 e. The van der Waals surface area contributed by atoms with Crippen LogP contribution in [0.1, 0.15) is 38.0 Å². The molecule has 0 unspecified atom stereocenters. The van der Waals surface area contributed by atoms with Gasteiger partial charge >= 0.3 is 5.97 Å². The number of halogens is 1. The summed E-state index contributed by atoms with van der Waals surface area (Å²) in [4.78, 5) is 25.4. The fourth-order valence-electron chi connectivity index (χ4n) is 3.87. The van der Waals surface area contributed by atoms with Gasteiger partial charge in [0.2, 0.25) is 0 Å². The average molecular weight is 462 g/mol. The zero-order chi connectivity index (χ0) is 23.8. The van der Waals surface area contributed by atoms with Crippen molar-refractivity contribution in [2.24, 2.45) is 0 Å². The van der Waals surface area contributed by atoms with E-state index in [-0.39, 0.29) is 0 Å². The first-order valence-corrected chi connectivity index (χ1v) is 10.9. The lowest BCUT2D eigenvalue weighted by Crippen LogP contribution is -2.28. The van der Waals surface area contributed by atoms with Gasteiger partial charge < -0.3 is 9.84 Å². The number of benzene rings is 2. The molecule has 0 spiro atoms. The fraction of sp³-hybridized carbons (Fsp3) is 0.231. The number of pyridine rings is 1. The molecule has 4 rings (SSSR count). The number of hydrogen-bond acceptors (Lipinski definition) is 5. The molecule has 6 nitrogen and oxygen atoms in total. The van der Waals surface area contributed by atoms with Crippen LogP contribution in [0.2, 0.25) is 5.02 Å².